The number of hydrogen-bond acceptors (Lipinski definition) is 10. The minimum atomic E-state index is -0.869. The molecule has 276 valence electrons. The van der Waals surface area contributed by atoms with Crippen molar-refractivity contribution in [2.75, 3.05) is 58.9 Å². The first-order valence-corrected chi connectivity index (χ1v) is 18.0. The molecule has 53 heavy (non-hydrogen) atoms. The summed E-state index contributed by atoms with van der Waals surface area (Å²) in [6, 6.07) is 13.3. The van der Waals surface area contributed by atoms with Crippen LogP contribution in [0.1, 0.15) is 52.1 Å². The van der Waals surface area contributed by atoms with Crippen LogP contribution < -0.4 is 19.5 Å². The van der Waals surface area contributed by atoms with Gasteiger partial charge in [-0.2, -0.15) is 5.26 Å². The Balaban J connectivity index is 1.06. The lowest BCUT2D eigenvalue weighted by Gasteiger charge is -2.38. The van der Waals surface area contributed by atoms with Crippen LogP contribution in [-0.4, -0.2) is 97.0 Å². The molecule has 0 radical (unpaired) electrons. The summed E-state index contributed by atoms with van der Waals surface area (Å²) in [5.41, 5.74) is 3.46. The van der Waals surface area contributed by atoms with Gasteiger partial charge in [-0.1, -0.05) is 48.7 Å². The van der Waals surface area contributed by atoms with Gasteiger partial charge in [-0.3, -0.25) is 29.2 Å². The van der Waals surface area contributed by atoms with Crippen molar-refractivity contribution in [2.45, 2.75) is 33.2 Å². The molecule has 2 aliphatic rings. The number of pyridine rings is 1. The average Bonchev–Trinajstić information content (AvgIpc) is 3.38. The Kier molecular flexibility index (Phi) is 11.3. The van der Waals surface area contributed by atoms with E-state index < -0.39 is 17.9 Å². The molecule has 1 saturated heterocycles. The summed E-state index contributed by atoms with van der Waals surface area (Å²) in [6.07, 6.45) is 2.19. The van der Waals surface area contributed by atoms with Crippen LogP contribution in [-0.2, 0) is 4.79 Å². The third kappa shape index (κ3) is 7.55. The number of ether oxygens (including phenoxy) is 3. The molecule has 3 amide bonds. The predicted octanol–water partition coefficient (Wildman–Crippen LogP) is 6.72. The number of nitrogens with zero attached hydrogens (tertiary/aromatic N) is 5. The van der Waals surface area contributed by atoms with Crippen LogP contribution in [0.4, 0.5) is 11.4 Å². The number of benzene rings is 3. The lowest BCUT2D eigenvalue weighted by molar-refractivity contribution is -0.138. The van der Waals surface area contributed by atoms with Crippen molar-refractivity contribution < 1.29 is 28.6 Å². The van der Waals surface area contributed by atoms with Gasteiger partial charge in [0.05, 0.1) is 64.5 Å². The van der Waals surface area contributed by atoms with E-state index in [-0.39, 0.29) is 11.8 Å². The van der Waals surface area contributed by atoms with Crippen molar-refractivity contribution in [1.29, 1.82) is 5.26 Å². The first-order valence-electron chi connectivity index (χ1n) is 17.3. The Hall–Kier alpha value is -5.09. The van der Waals surface area contributed by atoms with Gasteiger partial charge in [0, 0.05) is 56.4 Å². The van der Waals surface area contributed by atoms with Gasteiger partial charge in [0.25, 0.3) is 11.8 Å². The van der Waals surface area contributed by atoms with E-state index in [4.69, 9.17) is 37.4 Å². The van der Waals surface area contributed by atoms with Crippen LogP contribution in [0.2, 0.25) is 10.0 Å². The van der Waals surface area contributed by atoms with Gasteiger partial charge >= 0.3 is 0 Å². The highest BCUT2D eigenvalue weighted by Gasteiger charge is 2.45. The van der Waals surface area contributed by atoms with Crippen LogP contribution in [0.25, 0.3) is 10.9 Å². The normalized spacial score (nSPS) is 15.1. The highest BCUT2D eigenvalue weighted by atomic mass is 35.5. The van der Waals surface area contributed by atoms with Gasteiger partial charge in [0.1, 0.15) is 17.9 Å². The van der Waals surface area contributed by atoms with Crippen molar-refractivity contribution in [1.82, 2.24) is 19.7 Å². The van der Waals surface area contributed by atoms with E-state index in [0.717, 1.165) is 17.0 Å². The van der Waals surface area contributed by atoms with Crippen LogP contribution >= 0.6 is 23.2 Å². The Morgan fingerprint density at radius 3 is 2.34 bits per heavy atom. The number of carbonyl (C=O) groups excluding carboxylic acids is 3. The lowest BCUT2D eigenvalue weighted by Crippen LogP contribution is -2.57. The molecule has 2 aliphatic heterocycles. The molecule has 0 spiro atoms. The van der Waals surface area contributed by atoms with Crippen LogP contribution in [0.15, 0.2) is 48.7 Å². The Morgan fingerprint density at radius 1 is 0.943 bits per heavy atom. The quantitative estimate of drug-likeness (QED) is 0.123. The summed E-state index contributed by atoms with van der Waals surface area (Å²) in [5.74, 6) is 0.125. The fourth-order valence-corrected chi connectivity index (χ4v) is 7.28. The molecule has 0 saturated carbocycles. The zero-order valence-corrected chi connectivity index (χ0v) is 31.7. The number of nitriles is 1. The smallest absolute Gasteiger partial charge is 0.262 e. The Morgan fingerprint density at radius 2 is 1.66 bits per heavy atom. The number of hydrogen-bond donors (Lipinski definition) is 1. The molecule has 6 rings (SSSR count). The summed E-state index contributed by atoms with van der Waals surface area (Å²) in [7, 11) is 3.05. The van der Waals surface area contributed by atoms with Crippen LogP contribution in [0.3, 0.4) is 0 Å². The lowest BCUT2D eigenvalue weighted by atomic mass is 10.0. The minimum absolute atomic E-state index is 0.206. The van der Waals surface area contributed by atoms with E-state index in [2.05, 4.69) is 21.3 Å². The number of fused-ring (bicyclic) bond motifs is 2. The highest BCUT2D eigenvalue weighted by molar-refractivity contribution is 6.37. The maximum atomic E-state index is 13.8. The number of aryl methyl sites for hydroxylation is 1. The molecule has 1 atom stereocenters. The van der Waals surface area contributed by atoms with E-state index in [0.29, 0.717) is 105 Å². The van der Waals surface area contributed by atoms with Gasteiger partial charge < -0.3 is 24.4 Å². The van der Waals surface area contributed by atoms with Gasteiger partial charge in [-0.05, 0) is 43.5 Å². The topological polar surface area (TPSA) is 137 Å². The molecule has 0 aliphatic carbocycles. The molecule has 3 aromatic carbocycles. The number of rotatable bonds is 12. The number of aromatic nitrogens is 1. The molecular weight excluding hydrogens is 719 g/mol. The molecule has 0 unspecified atom stereocenters. The van der Waals surface area contributed by atoms with Crippen molar-refractivity contribution in [3.05, 3.63) is 81.0 Å². The Bertz CT molecular complexity index is 2130. The molecule has 1 aromatic heterocycles. The van der Waals surface area contributed by atoms with Crippen LogP contribution in [0, 0.1) is 24.2 Å². The molecule has 0 bridgehead atoms. The first-order chi connectivity index (χ1) is 25.4. The van der Waals surface area contributed by atoms with Crippen molar-refractivity contribution in [3.63, 3.8) is 0 Å². The van der Waals surface area contributed by atoms with Crippen molar-refractivity contribution in [3.8, 4) is 23.3 Å². The molecule has 12 nitrogen and oxygen atoms in total. The van der Waals surface area contributed by atoms with E-state index in [9.17, 15) is 19.6 Å². The fourth-order valence-electron chi connectivity index (χ4n) is 6.78. The molecular formula is C39H40Cl2N6O6. The second-order valence-corrected chi connectivity index (χ2v) is 14.2. The van der Waals surface area contributed by atoms with Crippen LogP contribution in [0.5, 0.6) is 17.2 Å². The third-order valence-corrected chi connectivity index (χ3v) is 10.2. The number of piperazine rings is 1. The second-order valence-electron chi connectivity index (χ2n) is 13.4. The van der Waals surface area contributed by atoms with Gasteiger partial charge in [-0.15, -0.1) is 0 Å². The molecule has 14 heteroatoms. The number of carbonyl (C=O) groups is 3. The summed E-state index contributed by atoms with van der Waals surface area (Å²) in [6.45, 7) is 9.03. The number of anilines is 2. The maximum absolute atomic E-state index is 13.8. The number of nitrogens with one attached hydrogen (secondary N) is 1. The second kappa shape index (κ2) is 15.9. The standard InChI is InChI=1S/C39H40Cl2N6O6/c1-22(2)36(47-37(48)25-8-7-23(3)15-26(25)38(47)49)39(50)46-12-10-45(11-13-46)9-6-14-53-34-18-30-27(16-33(34)52-5)35(24(20-42)21-43-30)44-31-19-32(51-4)29(41)17-28(31)40/h7-8,15-19,21-22,36H,6,9-14H2,1-5H3,(H,43,44)/t36-/m0/s1. The maximum Gasteiger partial charge on any atom is 0.262 e. The number of methoxy groups -OCH3 is 2. The Labute approximate surface area is 318 Å². The predicted molar refractivity (Wildman–Crippen MR) is 203 cm³/mol. The van der Waals surface area contributed by atoms with E-state index in [1.807, 2.05) is 20.8 Å². The molecule has 1 fully saturated rings. The largest absolute Gasteiger partial charge is 0.495 e. The molecule has 1 N–H and O–H groups in total. The fraction of sp³-hybridized carbons (Fsp3) is 0.359. The minimum Gasteiger partial charge on any atom is -0.495 e. The SMILES string of the molecule is COc1cc(Nc2c(C#N)cnc3cc(OCCCN4CCN(C(=O)[C@H](C(C)C)N5C(=O)c6ccc(C)cc6C5=O)CC4)c(OC)cc23)c(Cl)cc1Cl. The summed E-state index contributed by atoms with van der Waals surface area (Å²) < 4.78 is 17.2. The van der Waals surface area contributed by atoms with Crippen molar-refractivity contribution in [2.24, 2.45) is 5.92 Å². The first kappa shape index (κ1) is 37.7. The zero-order chi connectivity index (χ0) is 38.0. The highest BCUT2D eigenvalue weighted by Crippen LogP contribution is 2.40. The van der Waals surface area contributed by atoms with Crippen molar-refractivity contribution >= 4 is 63.2 Å². The number of amides is 3. The van der Waals surface area contributed by atoms with Gasteiger partial charge in [0.2, 0.25) is 5.91 Å². The van der Waals surface area contributed by atoms with E-state index in [1.165, 1.54) is 13.3 Å². The monoisotopic (exact) mass is 758 g/mol. The summed E-state index contributed by atoms with van der Waals surface area (Å²) in [5, 5.41) is 14.5. The zero-order valence-electron chi connectivity index (χ0n) is 30.2. The summed E-state index contributed by atoms with van der Waals surface area (Å²) >= 11 is 12.7. The molecule has 3 heterocycles. The van der Waals surface area contributed by atoms with E-state index >= 15 is 0 Å². The van der Waals surface area contributed by atoms with Gasteiger partial charge in [-0.25, -0.2) is 0 Å². The summed E-state index contributed by atoms with van der Waals surface area (Å²) in [4.78, 5) is 50.1. The number of imide groups is 1. The van der Waals surface area contributed by atoms with E-state index in [1.54, 1.807) is 54.5 Å². The molecule has 4 aromatic rings. The van der Waals surface area contributed by atoms with Gasteiger partial charge in [0.15, 0.2) is 11.5 Å². The number of halogens is 2. The third-order valence-electron chi connectivity index (χ3n) is 9.57. The average molecular weight is 760 g/mol.